The van der Waals surface area contributed by atoms with Crippen LogP contribution in [0.4, 0.5) is 0 Å². The van der Waals surface area contributed by atoms with Gasteiger partial charge in [-0.15, -0.1) is 11.6 Å². The summed E-state index contributed by atoms with van der Waals surface area (Å²) < 4.78 is 8.45. The highest BCUT2D eigenvalue weighted by Crippen LogP contribution is 2.34. The smallest absolute Gasteiger partial charge is 0.175 e. The molecule has 22 heavy (non-hydrogen) atoms. The molecule has 0 N–H and O–H groups in total. The molecule has 2 heterocycles. The molecule has 0 bridgehead atoms. The summed E-state index contributed by atoms with van der Waals surface area (Å²) >= 11 is 9.80. The SMILES string of the molecule is COc1ccc(I)c(Sc2nc3cncnc3n2CCCl)c1. The van der Waals surface area contributed by atoms with Crippen LogP contribution in [0.2, 0.25) is 0 Å². The van der Waals surface area contributed by atoms with Crippen molar-refractivity contribution >= 4 is 57.1 Å². The summed E-state index contributed by atoms with van der Waals surface area (Å²) in [6, 6.07) is 5.97. The van der Waals surface area contributed by atoms with Gasteiger partial charge >= 0.3 is 0 Å². The number of aromatic nitrogens is 4. The van der Waals surface area contributed by atoms with Gasteiger partial charge in [0.2, 0.25) is 0 Å². The second-order valence-electron chi connectivity index (χ2n) is 4.36. The highest BCUT2D eigenvalue weighted by Gasteiger charge is 2.14. The van der Waals surface area contributed by atoms with Gasteiger partial charge in [0.25, 0.3) is 0 Å². The number of halogens is 2. The van der Waals surface area contributed by atoms with Crippen LogP contribution in [0.3, 0.4) is 0 Å². The summed E-state index contributed by atoms with van der Waals surface area (Å²) in [5.74, 6) is 1.32. The Morgan fingerprint density at radius 1 is 1.41 bits per heavy atom. The Hall–Kier alpha value is -1.06. The normalized spacial score (nSPS) is 11.0. The van der Waals surface area contributed by atoms with Gasteiger partial charge in [-0.05, 0) is 40.8 Å². The maximum atomic E-state index is 5.92. The first-order chi connectivity index (χ1) is 10.7. The molecule has 3 rings (SSSR count). The van der Waals surface area contributed by atoms with Crippen LogP contribution >= 0.6 is 46.0 Å². The fourth-order valence-corrected chi connectivity index (χ4v) is 3.81. The molecular formula is C14H12ClIN4OS. The standard InChI is InChI=1S/C14H12ClIN4OS/c1-21-9-2-3-10(16)12(6-9)22-14-19-11-7-17-8-18-13(11)20(14)5-4-15/h2-3,6-8H,4-5H2,1H3. The van der Waals surface area contributed by atoms with Crippen molar-refractivity contribution < 1.29 is 4.74 Å². The van der Waals surface area contributed by atoms with E-state index < -0.39 is 0 Å². The Labute approximate surface area is 150 Å². The maximum absolute atomic E-state index is 5.92. The van der Waals surface area contributed by atoms with E-state index in [4.69, 9.17) is 16.3 Å². The number of benzene rings is 1. The van der Waals surface area contributed by atoms with Crippen LogP contribution in [-0.4, -0.2) is 32.5 Å². The van der Waals surface area contributed by atoms with Gasteiger partial charge in [0.05, 0.1) is 13.3 Å². The van der Waals surface area contributed by atoms with Gasteiger partial charge in [0.1, 0.15) is 17.6 Å². The Bertz CT molecular complexity index is 811. The Kier molecular flexibility index (Phi) is 5.04. The summed E-state index contributed by atoms with van der Waals surface area (Å²) in [7, 11) is 1.66. The molecule has 5 nitrogen and oxygen atoms in total. The van der Waals surface area contributed by atoms with Gasteiger partial charge in [0, 0.05) is 20.9 Å². The van der Waals surface area contributed by atoms with Gasteiger partial charge in [-0.3, -0.25) is 0 Å². The van der Waals surface area contributed by atoms with Crippen LogP contribution in [0.15, 0.2) is 40.8 Å². The second-order valence-corrected chi connectivity index (χ2v) is 6.91. The third-order valence-corrected chi connectivity index (χ3v) is 5.55. The van der Waals surface area contributed by atoms with Crippen molar-refractivity contribution in [2.45, 2.75) is 16.6 Å². The molecule has 1 aromatic carbocycles. The number of aryl methyl sites for hydroxylation is 1. The average molecular weight is 447 g/mol. The molecule has 0 atom stereocenters. The number of ether oxygens (including phenoxy) is 1. The molecule has 0 radical (unpaired) electrons. The quantitative estimate of drug-likeness (QED) is 0.440. The number of methoxy groups -OCH3 is 1. The lowest BCUT2D eigenvalue weighted by molar-refractivity contribution is 0.413. The van der Waals surface area contributed by atoms with Crippen LogP contribution in [0, 0.1) is 3.57 Å². The zero-order valence-corrected chi connectivity index (χ0v) is 15.4. The Morgan fingerprint density at radius 2 is 2.27 bits per heavy atom. The van der Waals surface area contributed by atoms with Crippen LogP contribution in [0.1, 0.15) is 0 Å². The molecule has 0 aliphatic carbocycles. The molecule has 0 amide bonds. The van der Waals surface area contributed by atoms with Crippen molar-refractivity contribution in [3.05, 3.63) is 34.3 Å². The minimum Gasteiger partial charge on any atom is -0.497 e. The van der Waals surface area contributed by atoms with E-state index in [0.29, 0.717) is 12.4 Å². The zero-order chi connectivity index (χ0) is 15.5. The lowest BCUT2D eigenvalue weighted by atomic mass is 10.3. The first-order valence-electron chi connectivity index (χ1n) is 6.46. The molecule has 8 heteroatoms. The molecule has 0 saturated heterocycles. The molecule has 2 aromatic heterocycles. The first kappa shape index (κ1) is 15.8. The molecule has 0 unspecified atom stereocenters. The van der Waals surface area contributed by atoms with Crippen LogP contribution in [0.25, 0.3) is 11.2 Å². The van der Waals surface area contributed by atoms with E-state index in [0.717, 1.165) is 30.5 Å². The summed E-state index contributed by atoms with van der Waals surface area (Å²) in [5.41, 5.74) is 1.57. The zero-order valence-electron chi connectivity index (χ0n) is 11.7. The van der Waals surface area contributed by atoms with Crippen molar-refractivity contribution in [1.29, 1.82) is 0 Å². The number of nitrogens with zero attached hydrogens (tertiary/aromatic N) is 4. The minimum atomic E-state index is 0.498. The van der Waals surface area contributed by atoms with Crippen molar-refractivity contribution in [3.63, 3.8) is 0 Å². The molecule has 0 saturated carbocycles. The van der Waals surface area contributed by atoms with E-state index in [1.807, 2.05) is 22.8 Å². The number of fused-ring (bicyclic) bond motifs is 1. The number of hydrogen-bond acceptors (Lipinski definition) is 5. The van der Waals surface area contributed by atoms with Gasteiger partial charge < -0.3 is 9.30 Å². The lowest BCUT2D eigenvalue weighted by Gasteiger charge is -2.08. The minimum absolute atomic E-state index is 0.498. The number of alkyl halides is 1. The topological polar surface area (TPSA) is 52.8 Å². The maximum Gasteiger partial charge on any atom is 0.175 e. The summed E-state index contributed by atoms with van der Waals surface area (Å²) in [6.45, 7) is 0.651. The Balaban J connectivity index is 2.05. The third kappa shape index (κ3) is 3.16. The molecule has 0 spiro atoms. The van der Waals surface area contributed by atoms with Gasteiger partial charge in [-0.25, -0.2) is 15.0 Å². The summed E-state index contributed by atoms with van der Waals surface area (Å²) in [5, 5.41) is 0.849. The number of rotatable bonds is 5. The predicted octanol–water partition coefficient (Wildman–Crippen LogP) is 3.83. The van der Waals surface area contributed by atoms with E-state index in [1.54, 1.807) is 25.1 Å². The molecule has 0 fully saturated rings. The van der Waals surface area contributed by atoms with Crippen LogP contribution in [-0.2, 0) is 6.54 Å². The van der Waals surface area contributed by atoms with E-state index in [9.17, 15) is 0 Å². The summed E-state index contributed by atoms with van der Waals surface area (Å²) in [6.07, 6.45) is 3.24. The lowest BCUT2D eigenvalue weighted by Crippen LogP contribution is -2.02. The van der Waals surface area contributed by atoms with Crippen molar-refractivity contribution in [2.24, 2.45) is 0 Å². The second kappa shape index (κ2) is 7.01. The van der Waals surface area contributed by atoms with E-state index in [2.05, 4.69) is 37.5 Å². The van der Waals surface area contributed by atoms with Gasteiger partial charge in [-0.1, -0.05) is 11.8 Å². The van der Waals surface area contributed by atoms with E-state index in [-0.39, 0.29) is 0 Å². The van der Waals surface area contributed by atoms with Crippen LogP contribution in [0.5, 0.6) is 5.75 Å². The van der Waals surface area contributed by atoms with Crippen molar-refractivity contribution in [3.8, 4) is 5.75 Å². The highest BCUT2D eigenvalue weighted by molar-refractivity contribution is 14.1. The largest absolute Gasteiger partial charge is 0.497 e. The fraction of sp³-hybridized carbons (Fsp3) is 0.214. The highest BCUT2D eigenvalue weighted by atomic mass is 127. The van der Waals surface area contributed by atoms with E-state index in [1.165, 1.54) is 6.33 Å². The molecule has 0 aliphatic rings. The van der Waals surface area contributed by atoms with Gasteiger partial charge in [-0.2, -0.15) is 0 Å². The van der Waals surface area contributed by atoms with Gasteiger partial charge in [0.15, 0.2) is 10.8 Å². The predicted molar refractivity (Wildman–Crippen MR) is 95.9 cm³/mol. The molecule has 0 aliphatic heterocycles. The van der Waals surface area contributed by atoms with Crippen molar-refractivity contribution in [1.82, 2.24) is 19.5 Å². The number of imidazole rings is 1. The number of hydrogen-bond donors (Lipinski definition) is 0. The first-order valence-corrected chi connectivity index (χ1v) is 8.89. The average Bonchev–Trinajstić information content (AvgIpc) is 2.88. The monoisotopic (exact) mass is 446 g/mol. The fourth-order valence-electron chi connectivity index (χ4n) is 2.01. The Morgan fingerprint density at radius 3 is 3.05 bits per heavy atom. The third-order valence-electron chi connectivity index (χ3n) is 3.02. The molecular weight excluding hydrogens is 435 g/mol. The van der Waals surface area contributed by atoms with Crippen molar-refractivity contribution in [2.75, 3.05) is 13.0 Å². The summed E-state index contributed by atoms with van der Waals surface area (Å²) in [4.78, 5) is 14.0. The molecule has 114 valence electrons. The van der Waals surface area contributed by atoms with E-state index >= 15 is 0 Å². The van der Waals surface area contributed by atoms with Crippen LogP contribution < -0.4 is 4.74 Å². The molecule has 3 aromatic rings.